The zero-order valence-corrected chi connectivity index (χ0v) is 12.3. The standard InChI is InChI=1S/C13H25N5O/c1-5-6-17(8-13(3,4)7-14)12(19)11(2)18-10-15-9-16-18/h9-11H,5-8,14H2,1-4H3. The Labute approximate surface area is 115 Å². The highest BCUT2D eigenvalue weighted by Gasteiger charge is 2.27. The average molecular weight is 267 g/mol. The van der Waals surface area contributed by atoms with Crippen LogP contribution in [0.5, 0.6) is 0 Å². The number of rotatable bonds is 7. The fourth-order valence-electron chi connectivity index (χ4n) is 1.91. The molecule has 0 aliphatic heterocycles. The van der Waals surface area contributed by atoms with Crippen LogP contribution in [0.4, 0.5) is 0 Å². The summed E-state index contributed by atoms with van der Waals surface area (Å²) in [5, 5.41) is 4.03. The minimum absolute atomic E-state index is 0.0638. The number of hydrogen-bond donors (Lipinski definition) is 1. The maximum atomic E-state index is 12.5. The van der Waals surface area contributed by atoms with Gasteiger partial charge < -0.3 is 10.6 Å². The predicted octanol–water partition coefficient (Wildman–Crippen LogP) is 1.06. The second-order valence-electron chi connectivity index (χ2n) is 5.68. The molecule has 0 saturated heterocycles. The van der Waals surface area contributed by atoms with E-state index in [4.69, 9.17) is 5.73 Å². The fourth-order valence-corrected chi connectivity index (χ4v) is 1.91. The number of nitrogens with zero attached hydrogens (tertiary/aromatic N) is 4. The molecule has 1 heterocycles. The molecule has 0 fully saturated rings. The molecule has 2 N–H and O–H groups in total. The second kappa shape index (κ2) is 6.65. The van der Waals surface area contributed by atoms with Crippen molar-refractivity contribution in [3.8, 4) is 0 Å². The van der Waals surface area contributed by atoms with E-state index in [1.807, 2.05) is 11.8 Å². The Bertz CT molecular complexity index is 388. The van der Waals surface area contributed by atoms with Gasteiger partial charge in [-0.05, 0) is 25.3 Å². The molecule has 1 amide bonds. The molecule has 1 aromatic rings. The maximum absolute atomic E-state index is 12.5. The van der Waals surface area contributed by atoms with Gasteiger partial charge in [-0.25, -0.2) is 9.67 Å². The Morgan fingerprint density at radius 3 is 2.68 bits per heavy atom. The lowest BCUT2D eigenvalue weighted by molar-refractivity contribution is -0.136. The summed E-state index contributed by atoms with van der Waals surface area (Å²) in [6.07, 6.45) is 3.94. The molecular formula is C13H25N5O. The summed E-state index contributed by atoms with van der Waals surface area (Å²) in [5.41, 5.74) is 5.68. The first-order valence-corrected chi connectivity index (χ1v) is 6.74. The van der Waals surface area contributed by atoms with Crippen LogP contribution in [0, 0.1) is 5.41 Å². The third-order valence-corrected chi connectivity index (χ3v) is 3.17. The van der Waals surface area contributed by atoms with Crippen molar-refractivity contribution in [3.05, 3.63) is 12.7 Å². The minimum Gasteiger partial charge on any atom is -0.340 e. The van der Waals surface area contributed by atoms with Crippen molar-refractivity contribution in [2.24, 2.45) is 11.1 Å². The molecule has 1 atom stereocenters. The summed E-state index contributed by atoms with van der Waals surface area (Å²) < 4.78 is 1.58. The number of nitrogens with two attached hydrogens (primary N) is 1. The number of aromatic nitrogens is 3. The van der Waals surface area contributed by atoms with Crippen LogP contribution in [0.3, 0.4) is 0 Å². The smallest absolute Gasteiger partial charge is 0.247 e. The van der Waals surface area contributed by atoms with Crippen molar-refractivity contribution < 1.29 is 4.79 Å². The van der Waals surface area contributed by atoms with Gasteiger partial charge >= 0.3 is 0 Å². The summed E-state index contributed by atoms with van der Waals surface area (Å²) >= 11 is 0. The van der Waals surface area contributed by atoms with E-state index in [2.05, 4.69) is 30.9 Å². The van der Waals surface area contributed by atoms with Crippen LogP contribution in [-0.2, 0) is 4.79 Å². The summed E-state index contributed by atoms with van der Waals surface area (Å²) in [5.74, 6) is 0.0638. The van der Waals surface area contributed by atoms with E-state index < -0.39 is 0 Å². The molecule has 0 aromatic carbocycles. The van der Waals surface area contributed by atoms with Crippen LogP contribution in [0.1, 0.15) is 40.2 Å². The van der Waals surface area contributed by atoms with E-state index in [0.29, 0.717) is 13.1 Å². The second-order valence-corrected chi connectivity index (χ2v) is 5.68. The van der Waals surface area contributed by atoms with Gasteiger partial charge in [-0.1, -0.05) is 20.8 Å². The summed E-state index contributed by atoms with van der Waals surface area (Å²) in [6.45, 7) is 10.0. The van der Waals surface area contributed by atoms with Crippen molar-refractivity contribution in [2.45, 2.75) is 40.2 Å². The Balaban J connectivity index is 2.78. The lowest BCUT2D eigenvalue weighted by atomic mass is 9.92. The lowest BCUT2D eigenvalue weighted by Crippen LogP contribution is -2.44. The molecule has 1 unspecified atom stereocenters. The SMILES string of the molecule is CCCN(CC(C)(C)CN)C(=O)C(C)n1cncn1. The normalized spacial score (nSPS) is 13.3. The van der Waals surface area contributed by atoms with Gasteiger partial charge in [0, 0.05) is 13.1 Å². The van der Waals surface area contributed by atoms with Crippen LogP contribution in [-0.4, -0.2) is 45.2 Å². The third kappa shape index (κ3) is 4.31. The van der Waals surface area contributed by atoms with Crippen molar-refractivity contribution in [2.75, 3.05) is 19.6 Å². The Hall–Kier alpha value is -1.43. The van der Waals surface area contributed by atoms with E-state index >= 15 is 0 Å². The van der Waals surface area contributed by atoms with Gasteiger partial charge in [0.1, 0.15) is 18.7 Å². The molecule has 0 aliphatic rings. The molecule has 0 bridgehead atoms. The molecule has 6 heteroatoms. The molecule has 0 spiro atoms. The Morgan fingerprint density at radius 1 is 1.53 bits per heavy atom. The first kappa shape index (κ1) is 15.6. The summed E-state index contributed by atoms with van der Waals surface area (Å²) in [4.78, 5) is 18.3. The van der Waals surface area contributed by atoms with Gasteiger partial charge in [-0.3, -0.25) is 4.79 Å². The average Bonchev–Trinajstić information content (AvgIpc) is 2.90. The highest BCUT2D eigenvalue weighted by Crippen LogP contribution is 2.18. The molecule has 0 aliphatic carbocycles. The van der Waals surface area contributed by atoms with Gasteiger partial charge in [-0.2, -0.15) is 5.10 Å². The van der Waals surface area contributed by atoms with Crippen molar-refractivity contribution >= 4 is 5.91 Å². The largest absolute Gasteiger partial charge is 0.340 e. The molecule has 1 aromatic heterocycles. The first-order valence-electron chi connectivity index (χ1n) is 6.74. The van der Waals surface area contributed by atoms with Crippen LogP contribution in [0.2, 0.25) is 0 Å². The summed E-state index contributed by atoms with van der Waals surface area (Å²) in [6, 6.07) is -0.331. The van der Waals surface area contributed by atoms with Gasteiger partial charge in [-0.15, -0.1) is 0 Å². The lowest BCUT2D eigenvalue weighted by Gasteiger charge is -2.33. The molecule has 19 heavy (non-hydrogen) atoms. The Morgan fingerprint density at radius 2 is 2.21 bits per heavy atom. The van der Waals surface area contributed by atoms with E-state index in [1.54, 1.807) is 11.0 Å². The van der Waals surface area contributed by atoms with E-state index in [0.717, 1.165) is 13.0 Å². The highest BCUT2D eigenvalue weighted by atomic mass is 16.2. The van der Waals surface area contributed by atoms with Crippen molar-refractivity contribution in [3.63, 3.8) is 0 Å². The van der Waals surface area contributed by atoms with Crippen molar-refractivity contribution in [1.29, 1.82) is 0 Å². The van der Waals surface area contributed by atoms with Gasteiger partial charge in [0.25, 0.3) is 0 Å². The van der Waals surface area contributed by atoms with E-state index in [-0.39, 0.29) is 17.4 Å². The number of hydrogen-bond acceptors (Lipinski definition) is 4. The van der Waals surface area contributed by atoms with E-state index in [9.17, 15) is 4.79 Å². The quantitative estimate of drug-likeness (QED) is 0.801. The van der Waals surface area contributed by atoms with Crippen LogP contribution < -0.4 is 5.73 Å². The third-order valence-electron chi connectivity index (χ3n) is 3.17. The monoisotopic (exact) mass is 267 g/mol. The predicted molar refractivity (Wildman–Crippen MR) is 74.4 cm³/mol. The molecule has 108 valence electrons. The zero-order valence-electron chi connectivity index (χ0n) is 12.3. The number of carbonyl (C=O) groups excluding carboxylic acids is 1. The highest BCUT2D eigenvalue weighted by molar-refractivity contribution is 5.80. The molecule has 6 nitrogen and oxygen atoms in total. The minimum atomic E-state index is -0.331. The Kier molecular flexibility index (Phi) is 5.47. The number of amides is 1. The van der Waals surface area contributed by atoms with Crippen LogP contribution in [0.25, 0.3) is 0 Å². The summed E-state index contributed by atoms with van der Waals surface area (Å²) in [7, 11) is 0. The van der Waals surface area contributed by atoms with E-state index in [1.165, 1.54) is 6.33 Å². The van der Waals surface area contributed by atoms with Gasteiger partial charge in [0.05, 0.1) is 0 Å². The van der Waals surface area contributed by atoms with Crippen LogP contribution >= 0.6 is 0 Å². The number of carbonyl (C=O) groups is 1. The topological polar surface area (TPSA) is 77.0 Å². The molecule has 1 rings (SSSR count). The van der Waals surface area contributed by atoms with Crippen molar-refractivity contribution in [1.82, 2.24) is 19.7 Å². The molecule has 0 radical (unpaired) electrons. The molecule has 0 saturated carbocycles. The zero-order chi connectivity index (χ0) is 14.5. The fraction of sp³-hybridized carbons (Fsp3) is 0.769. The van der Waals surface area contributed by atoms with Gasteiger partial charge in [0.2, 0.25) is 5.91 Å². The molecular weight excluding hydrogens is 242 g/mol. The first-order chi connectivity index (χ1) is 8.91. The van der Waals surface area contributed by atoms with Gasteiger partial charge in [0.15, 0.2) is 0 Å². The van der Waals surface area contributed by atoms with Crippen LogP contribution in [0.15, 0.2) is 12.7 Å². The maximum Gasteiger partial charge on any atom is 0.247 e.